The van der Waals surface area contributed by atoms with Gasteiger partial charge in [-0.1, -0.05) is 24.3 Å². The molecule has 2 amide bonds. The van der Waals surface area contributed by atoms with Crippen LogP contribution in [0.1, 0.15) is 30.4 Å². The molecule has 138 valence electrons. The molecule has 2 rings (SSSR count). The summed E-state index contributed by atoms with van der Waals surface area (Å²) in [5, 5.41) is 14.9. The van der Waals surface area contributed by atoms with Crippen molar-refractivity contribution in [2.75, 3.05) is 19.6 Å². The van der Waals surface area contributed by atoms with Crippen molar-refractivity contribution < 1.29 is 9.59 Å². The molecule has 0 spiro atoms. The minimum absolute atomic E-state index is 0.0252. The van der Waals surface area contributed by atoms with Gasteiger partial charge in [0.25, 0.3) is 5.91 Å². The lowest BCUT2D eigenvalue weighted by Gasteiger charge is -2.15. The van der Waals surface area contributed by atoms with E-state index >= 15 is 0 Å². The van der Waals surface area contributed by atoms with Crippen molar-refractivity contribution in [3.8, 4) is 6.07 Å². The predicted octanol–water partition coefficient (Wildman–Crippen LogP) is 0.771. The van der Waals surface area contributed by atoms with E-state index in [1.165, 1.54) is 6.20 Å². The lowest BCUT2D eigenvalue weighted by atomic mass is 10.1. The van der Waals surface area contributed by atoms with Gasteiger partial charge in [0.1, 0.15) is 11.6 Å². The molecule has 1 fully saturated rings. The van der Waals surface area contributed by atoms with Crippen LogP contribution in [0.25, 0.3) is 0 Å². The number of hydrogen-bond donors (Lipinski definition) is 3. The summed E-state index contributed by atoms with van der Waals surface area (Å²) >= 11 is 0. The summed E-state index contributed by atoms with van der Waals surface area (Å²) in [6.45, 7) is 2.84. The van der Waals surface area contributed by atoms with Crippen molar-refractivity contribution in [3.63, 3.8) is 0 Å². The summed E-state index contributed by atoms with van der Waals surface area (Å²) in [6, 6.07) is 9.70. The minimum Gasteiger partial charge on any atom is -0.386 e. The number of carbonyl (C=O) groups excluding carboxylic acids is 2. The topological polar surface area (TPSA) is 111 Å². The van der Waals surface area contributed by atoms with Gasteiger partial charge < -0.3 is 21.3 Å². The first-order valence-corrected chi connectivity index (χ1v) is 8.81. The first-order chi connectivity index (χ1) is 12.6. The van der Waals surface area contributed by atoms with Crippen molar-refractivity contribution in [3.05, 3.63) is 47.2 Å². The highest BCUT2D eigenvalue weighted by molar-refractivity contribution is 5.97. The number of nitrogens with one attached hydrogen (secondary N) is 2. The molecule has 1 aliphatic rings. The summed E-state index contributed by atoms with van der Waals surface area (Å²) < 4.78 is 0. The Morgan fingerprint density at radius 2 is 2.19 bits per heavy atom. The number of rotatable bonds is 9. The van der Waals surface area contributed by atoms with Crippen LogP contribution in [-0.4, -0.2) is 36.3 Å². The number of nitriles is 1. The average molecular weight is 355 g/mol. The molecule has 0 saturated carbocycles. The number of nitrogens with two attached hydrogens (primary N) is 1. The van der Waals surface area contributed by atoms with Crippen LogP contribution in [0.15, 0.2) is 36.0 Å². The van der Waals surface area contributed by atoms with E-state index in [1.807, 2.05) is 35.2 Å². The Kier molecular flexibility index (Phi) is 7.65. The predicted molar refractivity (Wildman–Crippen MR) is 98.3 cm³/mol. The molecule has 0 aliphatic carbocycles. The van der Waals surface area contributed by atoms with Gasteiger partial charge in [-0.15, -0.1) is 0 Å². The van der Waals surface area contributed by atoms with Gasteiger partial charge in [0.05, 0.1) is 0 Å². The van der Waals surface area contributed by atoms with Crippen LogP contribution in [0.3, 0.4) is 0 Å². The molecule has 0 atom stereocenters. The second-order valence-electron chi connectivity index (χ2n) is 6.17. The number of amides is 2. The molecule has 0 radical (unpaired) electrons. The van der Waals surface area contributed by atoms with Crippen LogP contribution in [0.4, 0.5) is 0 Å². The van der Waals surface area contributed by atoms with Crippen molar-refractivity contribution in [2.45, 2.75) is 32.4 Å². The summed E-state index contributed by atoms with van der Waals surface area (Å²) in [7, 11) is 0. The second-order valence-corrected chi connectivity index (χ2v) is 6.17. The normalized spacial score (nSPS) is 14.2. The van der Waals surface area contributed by atoms with Crippen LogP contribution in [0, 0.1) is 11.3 Å². The van der Waals surface area contributed by atoms with Crippen molar-refractivity contribution in [2.24, 2.45) is 5.73 Å². The van der Waals surface area contributed by atoms with Crippen LogP contribution in [0.2, 0.25) is 0 Å². The largest absolute Gasteiger partial charge is 0.386 e. The second kappa shape index (κ2) is 10.2. The maximum atomic E-state index is 12.0. The molecule has 1 aromatic rings. The molecule has 1 heterocycles. The highest BCUT2D eigenvalue weighted by Crippen LogP contribution is 2.09. The summed E-state index contributed by atoms with van der Waals surface area (Å²) in [6.07, 6.45) is 3.63. The van der Waals surface area contributed by atoms with E-state index in [0.29, 0.717) is 39.0 Å². The number of likely N-dealkylation sites (tertiary alicyclic amines) is 1. The Morgan fingerprint density at radius 3 is 2.88 bits per heavy atom. The molecule has 0 unspecified atom stereocenters. The van der Waals surface area contributed by atoms with Crippen LogP contribution >= 0.6 is 0 Å². The maximum Gasteiger partial charge on any atom is 0.263 e. The minimum atomic E-state index is -0.413. The third-order valence-corrected chi connectivity index (χ3v) is 4.21. The number of hydrogen-bond acceptors (Lipinski definition) is 5. The highest BCUT2D eigenvalue weighted by Gasteiger charge is 2.19. The quantitative estimate of drug-likeness (QED) is 0.344. The highest BCUT2D eigenvalue weighted by atomic mass is 16.2. The van der Waals surface area contributed by atoms with E-state index in [4.69, 9.17) is 11.0 Å². The van der Waals surface area contributed by atoms with Gasteiger partial charge in [-0.25, -0.2) is 0 Å². The fourth-order valence-electron chi connectivity index (χ4n) is 2.79. The Hall–Kier alpha value is -2.85. The SMILES string of the molecule is N#C/C(=C/NCc1cccc(CN)c1)C(=O)NCCCN1CCCC1=O. The monoisotopic (exact) mass is 355 g/mol. The molecular formula is C19H25N5O2. The van der Waals surface area contributed by atoms with E-state index < -0.39 is 5.91 Å². The zero-order valence-corrected chi connectivity index (χ0v) is 14.8. The lowest BCUT2D eigenvalue weighted by Crippen LogP contribution is -2.31. The van der Waals surface area contributed by atoms with Gasteiger partial charge in [-0.3, -0.25) is 9.59 Å². The Balaban J connectivity index is 1.73. The molecule has 26 heavy (non-hydrogen) atoms. The van der Waals surface area contributed by atoms with Crippen molar-refractivity contribution in [1.82, 2.24) is 15.5 Å². The Morgan fingerprint density at radius 1 is 1.38 bits per heavy atom. The molecule has 4 N–H and O–H groups in total. The van der Waals surface area contributed by atoms with Gasteiger partial charge in [-0.2, -0.15) is 5.26 Å². The Labute approximate surface area is 153 Å². The number of benzene rings is 1. The van der Waals surface area contributed by atoms with E-state index in [9.17, 15) is 9.59 Å². The van der Waals surface area contributed by atoms with Crippen LogP contribution < -0.4 is 16.4 Å². The van der Waals surface area contributed by atoms with Crippen LogP contribution in [0.5, 0.6) is 0 Å². The maximum absolute atomic E-state index is 12.0. The van der Waals surface area contributed by atoms with E-state index in [-0.39, 0.29) is 11.5 Å². The van der Waals surface area contributed by atoms with Gasteiger partial charge in [-0.05, 0) is 24.0 Å². The number of nitrogens with zero attached hydrogens (tertiary/aromatic N) is 2. The fraction of sp³-hybridized carbons (Fsp3) is 0.421. The van der Waals surface area contributed by atoms with Gasteiger partial charge in [0.15, 0.2) is 0 Å². The van der Waals surface area contributed by atoms with Crippen molar-refractivity contribution >= 4 is 11.8 Å². The smallest absolute Gasteiger partial charge is 0.263 e. The lowest BCUT2D eigenvalue weighted by molar-refractivity contribution is -0.127. The zero-order chi connectivity index (χ0) is 18.8. The van der Waals surface area contributed by atoms with E-state index in [2.05, 4.69) is 10.6 Å². The van der Waals surface area contributed by atoms with Gasteiger partial charge in [0, 0.05) is 45.3 Å². The molecule has 1 aromatic carbocycles. The Bertz CT molecular complexity index is 708. The van der Waals surface area contributed by atoms with Crippen LogP contribution in [-0.2, 0) is 22.7 Å². The first-order valence-electron chi connectivity index (χ1n) is 8.81. The van der Waals surface area contributed by atoms with Crippen molar-refractivity contribution in [1.29, 1.82) is 5.26 Å². The molecule has 0 aromatic heterocycles. The average Bonchev–Trinajstić information content (AvgIpc) is 3.07. The zero-order valence-electron chi connectivity index (χ0n) is 14.8. The summed E-state index contributed by atoms with van der Waals surface area (Å²) in [5.41, 5.74) is 7.69. The summed E-state index contributed by atoms with van der Waals surface area (Å²) in [5.74, 6) is -0.236. The summed E-state index contributed by atoms with van der Waals surface area (Å²) in [4.78, 5) is 25.4. The van der Waals surface area contributed by atoms with E-state index in [0.717, 1.165) is 24.1 Å². The molecule has 7 heteroatoms. The molecule has 1 aliphatic heterocycles. The van der Waals surface area contributed by atoms with Gasteiger partial charge in [0.2, 0.25) is 5.91 Å². The third kappa shape index (κ3) is 5.90. The standard InChI is InChI=1S/C19H25N5O2/c20-11-15-4-1-5-16(10-15)13-22-14-17(12-21)19(26)23-7-3-9-24-8-2-6-18(24)25/h1,4-5,10,14,22H,2-3,6-9,11,13,20H2,(H,23,26)/b17-14-. The molecule has 1 saturated heterocycles. The molecular weight excluding hydrogens is 330 g/mol. The first kappa shape index (κ1) is 19.5. The van der Waals surface area contributed by atoms with Gasteiger partial charge >= 0.3 is 0 Å². The third-order valence-electron chi connectivity index (χ3n) is 4.21. The fourth-order valence-corrected chi connectivity index (χ4v) is 2.79. The number of carbonyl (C=O) groups is 2. The van der Waals surface area contributed by atoms with E-state index in [1.54, 1.807) is 0 Å². The molecule has 0 bridgehead atoms. The molecule has 7 nitrogen and oxygen atoms in total.